The van der Waals surface area contributed by atoms with Gasteiger partial charge >= 0.3 is 0 Å². The van der Waals surface area contributed by atoms with Crippen molar-refractivity contribution in [3.8, 4) is 0 Å². The molecule has 1 aliphatic heterocycles. The van der Waals surface area contributed by atoms with Crippen molar-refractivity contribution in [1.29, 1.82) is 0 Å². The van der Waals surface area contributed by atoms with E-state index in [1.165, 1.54) is 5.56 Å². The molecule has 0 bridgehead atoms. The number of hydrogen-bond donors (Lipinski definition) is 1. The average Bonchev–Trinajstić information content (AvgIpc) is 2.67. The highest BCUT2D eigenvalue weighted by atomic mass is 15.3. The predicted octanol–water partition coefficient (Wildman–Crippen LogP) is 3.13. The Morgan fingerprint density at radius 1 is 0.960 bits per heavy atom. The van der Waals surface area contributed by atoms with Gasteiger partial charge in [-0.1, -0.05) is 36.4 Å². The standard InChI is InChI=1S/C21H30N4/c1-21(2,18-23-20-10-6-7-12-22-20)25-16-14-24(15-17-25)13-11-19-8-4-3-5-9-19/h3-10,12H,11,13-18H2,1-2H3,(H,22,23). The third kappa shape index (κ3) is 5.28. The second kappa shape index (κ2) is 8.45. The molecule has 0 aliphatic carbocycles. The first-order chi connectivity index (χ1) is 12.1. The number of hydrogen-bond acceptors (Lipinski definition) is 4. The minimum absolute atomic E-state index is 0.128. The molecule has 2 heterocycles. The fourth-order valence-electron chi connectivity index (χ4n) is 3.39. The first-order valence-corrected chi connectivity index (χ1v) is 9.30. The van der Waals surface area contributed by atoms with Crippen LogP contribution in [0.25, 0.3) is 0 Å². The second-order valence-corrected chi connectivity index (χ2v) is 7.45. The normalized spacial score (nSPS) is 16.7. The molecule has 0 radical (unpaired) electrons. The highest BCUT2D eigenvalue weighted by molar-refractivity contribution is 5.33. The van der Waals surface area contributed by atoms with Crippen LogP contribution in [-0.4, -0.2) is 59.6 Å². The van der Waals surface area contributed by atoms with Crippen molar-refractivity contribution in [2.45, 2.75) is 25.8 Å². The molecule has 1 aliphatic rings. The Hall–Kier alpha value is -1.91. The Morgan fingerprint density at radius 3 is 2.36 bits per heavy atom. The van der Waals surface area contributed by atoms with Crippen molar-refractivity contribution in [3.63, 3.8) is 0 Å². The van der Waals surface area contributed by atoms with E-state index in [1.54, 1.807) is 0 Å². The van der Waals surface area contributed by atoms with E-state index in [9.17, 15) is 0 Å². The summed E-state index contributed by atoms with van der Waals surface area (Å²) in [5, 5.41) is 3.47. The van der Waals surface area contributed by atoms with Crippen LogP contribution in [0.1, 0.15) is 19.4 Å². The van der Waals surface area contributed by atoms with E-state index in [4.69, 9.17) is 0 Å². The molecule has 4 nitrogen and oxygen atoms in total. The minimum Gasteiger partial charge on any atom is -0.368 e. The number of pyridine rings is 1. The summed E-state index contributed by atoms with van der Waals surface area (Å²) in [7, 11) is 0. The molecule has 0 atom stereocenters. The number of piperazine rings is 1. The third-order valence-electron chi connectivity index (χ3n) is 5.15. The van der Waals surface area contributed by atoms with Gasteiger partial charge in [0.15, 0.2) is 0 Å². The Morgan fingerprint density at radius 2 is 1.68 bits per heavy atom. The molecular formula is C21H30N4. The first kappa shape index (κ1) is 17.9. The quantitative estimate of drug-likeness (QED) is 0.840. The lowest BCUT2D eigenvalue weighted by Crippen LogP contribution is -2.57. The fraction of sp³-hybridized carbons (Fsp3) is 0.476. The van der Waals surface area contributed by atoms with Crippen molar-refractivity contribution in [2.75, 3.05) is 44.6 Å². The van der Waals surface area contributed by atoms with Crippen molar-refractivity contribution >= 4 is 5.82 Å². The van der Waals surface area contributed by atoms with Crippen LogP contribution in [0.15, 0.2) is 54.7 Å². The number of nitrogens with one attached hydrogen (secondary N) is 1. The van der Waals surface area contributed by atoms with E-state index in [0.29, 0.717) is 0 Å². The number of aromatic nitrogens is 1. The number of rotatable bonds is 7. The van der Waals surface area contributed by atoms with Crippen LogP contribution in [0.5, 0.6) is 0 Å². The van der Waals surface area contributed by atoms with E-state index in [2.05, 4.69) is 64.3 Å². The summed E-state index contributed by atoms with van der Waals surface area (Å²) in [6.45, 7) is 11.3. The molecule has 2 aromatic rings. The van der Waals surface area contributed by atoms with Gasteiger partial charge in [-0.15, -0.1) is 0 Å². The molecule has 134 valence electrons. The second-order valence-electron chi connectivity index (χ2n) is 7.45. The highest BCUT2D eigenvalue weighted by Gasteiger charge is 2.29. The van der Waals surface area contributed by atoms with Gasteiger partial charge in [0.05, 0.1) is 0 Å². The van der Waals surface area contributed by atoms with Crippen LogP contribution in [0.3, 0.4) is 0 Å². The van der Waals surface area contributed by atoms with E-state index < -0.39 is 0 Å². The summed E-state index contributed by atoms with van der Waals surface area (Å²) in [6.07, 6.45) is 2.98. The first-order valence-electron chi connectivity index (χ1n) is 9.30. The zero-order valence-electron chi connectivity index (χ0n) is 15.5. The van der Waals surface area contributed by atoms with Gasteiger partial charge < -0.3 is 10.2 Å². The molecule has 3 rings (SSSR count). The van der Waals surface area contributed by atoms with Gasteiger partial charge in [-0.2, -0.15) is 0 Å². The van der Waals surface area contributed by atoms with Crippen LogP contribution < -0.4 is 5.32 Å². The zero-order chi connectivity index (χ0) is 17.5. The van der Waals surface area contributed by atoms with Crippen molar-refractivity contribution in [3.05, 3.63) is 60.3 Å². The van der Waals surface area contributed by atoms with Gasteiger partial charge in [0, 0.05) is 51.0 Å². The molecule has 1 N–H and O–H groups in total. The van der Waals surface area contributed by atoms with Gasteiger partial charge in [0.2, 0.25) is 0 Å². The Kier molecular flexibility index (Phi) is 6.05. The lowest BCUT2D eigenvalue weighted by atomic mass is 10.0. The van der Waals surface area contributed by atoms with Crippen LogP contribution in [0, 0.1) is 0 Å². The smallest absolute Gasteiger partial charge is 0.125 e. The van der Waals surface area contributed by atoms with Crippen molar-refractivity contribution < 1.29 is 0 Å². The average molecular weight is 338 g/mol. The largest absolute Gasteiger partial charge is 0.368 e. The zero-order valence-corrected chi connectivity index (χ0v) is 15.5. The Bertz CT molecular complexity index is 619. The van der Waals surface area contributed by atoms with E-state index >= 15 is 0 Å². The molecule has 0 saturated carbocycles. The molecule has 1 fully saturated rings. The van der Waals surface area contributed by atoms with E-state index in [-0.39, 0.29) is 5.54 Å². The summed E-state index contributed by atoms with van der Waals surface area (Å²) in [4.78, 5) is 9.54. The number of benzene rings is 1. The van der Waals surface area contributed by atoms with Gasteiger partial charge in [-0.25, -0.2) is 4.98 Å². The summed E-state index contributed by atoms with van der Waals surface area (Å²) in [6, 6.07) is 16.8. The summed E-state index contributed by atoms with van der Waals surface area (Å²) in [5.41, 5.74) is 1.56. The maximum atomic E-state index is 4.35. The van der Waals surface area contributed by atoms with Gasteiger partial charge in [0.25, 0.3) is 0 Å². The van der Waals surface area contributed by atoms with Gasteiger partial charge in [-0.05, 0) is 38.0 Å². The minimum atomic E-state index is 0.128. The highest BCUT2D eigenvalue weighted by Crippen LogP contribution is 2.18. The maximum absolute atomic E-state index is 4.35. The lowest BCUT2D eigenvalue weighted by molar-refractivity contribution is 0.0596. The maximum Gasteiger partial charge on any atom is 0.125 e. The number of anilines is 1. The lowest BCUT2D eigenvalue weighted by Gasteiger charge is -2.44. The molecule has 0 unspecified atom stereocenters. The molecule has 4 heteroatoms. The van der Waals surface area contributed by atoms with E-state index in [1.807, 2.05) is 24.4 Å². The SMILES string of the molecule is CC(C)(CNc1ccccn1)N1CCN(CCc2ccccc2)CC1. The molecule has 1 saturated heterocycles. The fourth-order valence-corrected chi connectivity index (χ4v) is 3.39. The van der Waals surface area contributed by atoms with Crippen LogP contribution >= 0.6 is 0 Å². The van der Waals surface area contributed by atoms with Crippen LogP contribution in [0.2, 0.25) is 0 Å². The predicted molar refractivity (Wildman–Crippen MR) is 105 cm³/mol. The van der Waals surface area contributed by atoms with Gasteiger partial charge in [-0.3, -0.25) is 4.90 Å². The van der Waals surface area contributed by atoms with Crippen LogP contribution in [-0.2, 0) is 6.42 Å². The molecule has 0 amide bonds. The van der Waals surface area contributed by atoms with Crippen molar-refractivity contribution in [2.24, 2.45) is 0 Å². The topological polar surface area (TPSA) is 31.4 Å². The van der Waals surface area contributed by atoms with E-state index in [0.717, 1.165) is 51.5 Å². The molecule has 1 aromatic heterocycles. The summed E-state index contributed by atoms with van der Waals surface area (Å²) < 4.78 is 0. The van der Waals surface area contributed by atoms with Gasteiger partial charge in [0.1, 0.15) is 5.82 Å². The monoisotopic (exact) mass is 338 g/mol. The molecule has 25 heavy (non-hydrogen) atoms. The molecular weight excluding hydrogens is 308 g/mol. The van der Waals surface area contributed by atoms with Crippen molar-refractivity contribution in [1.82, 2.24) is 14.8 Å². The van der Waals surface area contributed by atoms with Crippen LogP contribution in [0.4, 0.5) is 5.82 Å². The molecule has 0 spiro atoms. The summed E-state index contributed by atoms with van der Waals surface area (Å²) >= 11 is 0. The number of nitrogens with zero attached hydrogens (tertiary/aromatic N) is 3. The Balaban J connectivity index is 1.42. The Labute approximate surface area is 151 Å². The third-order valence-corrected chi connectivity index (χ3v) is 5.15. The molecule has 1 aromatic carbocycles. The summed E-state index contributed by atoms with van der Waals surface area (Å²) in [5.74, 6) is 0.956.